The first-order chi connectivity index (χ1) is 8.97. The Balaban J connectivity index is 1.99. The highest BCUT2D eigenvalue weighted by atomic mass is 16.5. The van der Waals surface area contributed by atoms with Gasteiger partial charge in [0.2, 0.25) is 0 Å². The summed E-state index contributed by atoms with van der Waals surface area (Å²) >= 11 is 0. The highest BCUT2D eigenvalue weighted by molar-refractivity contribution is 5.94. The van der Waals surface area contributed by atoms with Crippen molar-refractivity contribution < 1.29 is 19.4 Å². The Morgan fingerprint density at radius 2 is 2.11 bits per heavy atom. The van der Waals surface area contributed by atoms with Crippen molar-refractivity contribution in [2.45, 2.75) is 38.8 Å². The van der Waals surface area contributed by atoms with E-state index in [2.05, 4.69) is 5.32 Å². The van der Waals surface area contributed by atoms with Crippen molar-refractivity contribution in [3.05, 3.63) is 29.3 Å². The van der Waals surface area contributed by atoms with Crippen molar-refractivity contribution in [1.29, 1.82) is 0 Å². The lowest BCUT2D eigenvalue weighted by Crippen LogP contribution is -2.37. The molecule has 19 heavy (non-hydrogen) atoms. The number of hydrogen-bond acceptors (Lipinski definition) is 4. The van der Waals surface area contributed by atoms with Gasteiger partial charge in [0.25, 0.3) is 5.91 Å². The standard InChI is InChI=1S/C14H17NO4/c1-8-3-6-12(16)11(7-8)14(18)19-9(2)13(17)15-10-4-5-10/h3,6-7,9-10,16H,4-5H2,1-2H3,(H,15,17)/t9-/m0/s1. The van der Waals surface area contributed by atoms with Crippen LogP contribution in [-0.4, -0.2) is 29.1 Å². The first kappa shape index (κ1) is 13.4. The van der Waals surface area contributed by atoms with E-state index in [0.717, 1.165) is 18.4 Å². The molecule has 1 aliphatic carbocycles. The molecule has 2 N–H and O–H groups in total. The van der Waals surface area contributed by atoms with Gasteiger partial charge in [-0.15, -0.1) is 0 Å². The Labute approximate surface area is 111 Å². The van der Waals surface area contributed by atoms with Gasteiger partial charge in [-0.3, -0.25) is 4.79 Å². The van der Waals surface area contributed by atoms with Gasteiger partial charge in [0.05, 0.1) is 0 Å². The van der Waals surface area contributed by atoms with Gasteiger partial charge in [-0.2, -0.15) is 0 Å². The fourth-order valence-corrected chi connectivity index (χ4v) is 1.64. The van der Waals surface area contributed by atoms with E-state index in [1.54, 1.807) is 13.0 Å². The van der Waals surface area contributed by atoms with E-state index in [1.165, 1.54) is 19.1 Å². The van der Waals surface area contributed by atoms with Crippen molar-refractivity contribution in [3.63, 3.8) is 0 Å². The van der Waals surface area contributed by atoms with Gasteiger partial charge >= 0.3 is 5.97 Å². The van der Waals surface area contributed by atoms with Crippen molar-refractivity contribution >= 4 is 11.9 Å². The first-order valence-corrected chi connectivity index (χ1v) is 6.28. The van der Waals surface area contributed by atoms with Crippen LogP contribution >= 0.6 is 0 Å². The van der Waals surface area contributed by atoms with E-state index in [-0.39, 0.29) is 23.3 Å². The quantitative estimate of drug-likeness (QED) is 0.808. The van der Waals surface area contributed by atoms with Gasteiger partial charge in [0.1, 0.15) is 11.3 Å². The molecular weight excluding hydrogens is 246 g/mol. The van der Waals surface area contributed by atoms with Gasteiger partial charge in [-0.05, 0) is 38.8 Å². The third kappa shape index (κ3) is 3.47. The normalized spacial score (nSPS) is 15.7. The number of aryl methyl sites for hydroxylation is 1. The third-order valence-electron chi connectivity index (χ3n) is 2.95. The number of hydrogen-bond donors (Lipinski definition) is 2. The second-order valence-corrected chi connectivity index (χ2v) is 4.85. The van der Waals surface area contributed by atoms with Gasteiger partial charge in [0.15, 0.2) is 6.10 Å². The van der Waals surface area contributed by atoms with Crippen molar-refractivity contribution in [3.8, 4) is 5.75 Å². The third-order valence-corrected chi connectivity index (χ3v) is 2.95. The molecule has 0 saturated heterocycles. The van der Waals surface area contributed by atoms with Crippen LogP contribution in [0.5, 0.6) is 5.75 Å². The molecule has 1 aliphatic rings. The first-order valence-electron chi connectivity index (χ1n) is 6.28. The number of carbonyl (C=O) groups is 2. The number of esters is 1. The second kappa shape index (κ2) is 5.30. The summed E-state index contributed by atoms with van der Waals surface area (Å²) in [5.41, 5.74) is 0.908. The highest BCUT2D eigenvalue weighted by Gasteiger charge is 2.27. The molecule has 0 aliphatic heterocycles. The molecule has 0 unspecified atom stereocenters. The van der Waals surface area contributed by atoms with Gasteiger partial charge in [-0.1, -0.05) is 11.6 Å². The molecule has 0 radical (unpaired) electrons. The minimum absolute atomic E-state index is 0.0751. The minimum atomic E-state index is -0.868. The molecule has 0 heterocycles. The van der Waals surface area contributed by atoms with E-state index in [9.17, 15) is 14.7 Å². The summed E-state index contributed by atoms with van der Waals surface area (Å²) in [6, 6.07) is 4.88. The van der Waals surface area contributed by atoms with E-state index in [1.807, 2.05) is 0 Å². The van der Waals surface area contributed by atoms with Crippen molar-refractivity contribution in [2.75, 3.05) is 0 Å². The van der Waals surface area contributed by atoms with E-state index >= 15 is 0 Å². The number of rotatable bonds is 4. The summed E-state index contributed by atoms with van der Waals surface area (Å²) in [7, 11) is 0. The molecule has 5 heteroatoms. The molecule has 1 saturated carbocycles. The zero-order valence-corrected chi connectivity index (χ0v) is 11.0. The number of benzene rings is 1. The maximum absolute atomic E-state index is 11.9. The van der Waals surface area contributed by atoms with Gasteiger partial charge in [-0.25, -0.2) is 4.79 Å². The molecule has 2 rings (SSSR count). The van der Waals surface area contributed by atoms with Crippen LogP contribution in [0.2, 0.25) is 0 Å². The summed E-state index contributed by atoms with van der Waals surface area (Å²) in [4.78, 5) is 23.5. The number of phenolic OH excluding ortho intramolecular Hbond substituents is 1. The van der Waals surface area contributed by atoms with Crippen LogP contribution < -0.4 is 5.32 Å². The monoisotopic (exact) mass is 263 g/mol. The zero-order chi connectivity index (χ0) is 14.0. The summed E-state index contributed by atoms with van der Waals surface area (Å²) in [5, 5.41) is 12.4. The topological polar surface area (TPSA) is 75.6 Å². The molecule has 0 bridgehead atoms. The number of aromatic hydroxyl groups is 1. The smallest absolute Gasteiger partial charge is 0.342 e. The molecule has 1 aromatic carbocycles. The Bertz CT molecular complexity index is 508. The molecule has 1 amide bonds. The molecule has 0 aromatic heterocycles. The molecule has 102 valence electrons. The predicted octanol–water partition coefficient (Wildman–Crippen LogP) is 1.52. The lowest BCUT2D eigenvalue weighted by Gasteiger charge is -2.13. The number of ether oxygens (including phenoxy) is 1. The maximum Gasteiger partial charge on any atom is 0.342 e. The fraction of sp³-hybridized carbons (Fsp3) is 0.429. The lowest BCUT2D eigenvalue weighted by atomic mass is 10.1. The largest absolute Gasteiger partial charge is 0.507 e. The maximum atomic E-state index is 11.9. The van der Waals surface area contributed by atoms with Crippen molar-refractivity contribution in [2.24, 2.45) is 0 Å². The van der Waals surface area contributed by atoms with E-state index in [4.69, 9.17) is 4.74 Å². The number of amides is 1. The molecule has 5 nitrogen and oxygen atoms in total. The summed E-state index contributed by atoms with van der Waals surface area (Å²) < 4.78 is 5.05. The van der Waals surface area contributed by atoms with Crippen LogP contribution in [0.3, 0.4) is 0 Å². The SMILES string of the molecule is Cc1ccc(O)c(C(=O)O[C@@H](C)C(=O)NC2CC2)c1. The zero-order valence-electron chi connectivity index (χ0n) is 11.0. The summed E-state index contributed by atoms with van der Waals surface area (Å²) in [6.45, 7) is 3.32. The lowest BCUT2D eigenvalue weighted by molar-refractivity contribution is -0.129. The molecule has 1 atom stereocenters. The van der Waals surface area contributed by atoms with Crippen LogP contribution in [-0.2, 0) is 9.53 Å². The van der Waals surface area contributed by atoms with Crippen LogP contribution in [0.1, 0.15) is 35.7 Å². The molecular formula is C14H17NO4. The summed E-state index contributed by atoms with van der Waals surface area (Å²) in [5.74, 6) is -1.15. The number of nitrogens with one attached hydrogen (secondary N) is 1. The predicted molar refractivity (Wildman–Crippen MR) is 68.9 cm³/mol. The Morgan fingerprint density at radius 3 is 2.74 bits per heavy atom. The van der Waals surface area contributed by atoms with Crippen LogP contribution in [0, 0.1) is 6.92 Å². The molecule has 1 fully saturated rings. The fourth-order valence-electron chi connectivity index (χ4n) is 1.64. The number of carbonyl (C=O) groups excluding carboxylic acids is 2. The van der Waals surface area contributed by atoms with Gasteiger partial charge in [0, 0.05) is 6.04 Å². The average molecular weight is 263 g/mol. The Kier molecular flexibility index (Phi) is 3.74. The summed E-state index contributed by atoms with van der Waals surface area (Å²) in [6.07, 6.45) is 1.09. The van der Waals surface area contributed by atoms with Crippen LogP contribution in [0.15, 0.2) is 18.2 Å². The molecule has 1 aromatic rings. The van der Waals surface area contributed by atoms with Crippen molar-refractivity contribution in [1.82, 2.24) is 5.32 Å². The van der Waals surface area contributed by atoms with Crippen LogP contribution in [0.25, 0.3) is 0 Å². The van der Waals surface area contributed by atoms with Gasteiger partial charge < -0.3 is 15.2 Å². The number of phenols is 1. The van der Waals surface area contributed by atoms with Crippen LogP contribution in [0.4, 0.5) is 0 Å². The Hall–Kier alpha value is -2.04. The minimum Gasteiger partial charge on any atom is -0.507 e. The highest BCUT2D eigenvalue weighted by Crippen LogP contribution is 2.21. The average Bonchev–Trinajstić information content (AvgIpc) is 3.15. The second-order valence-electron chi connectivity index (χ2n) is 4.85. The Morgan fingerprint density at radius 1 is 1.42 bits per heavy atom. The molecule has 0 spiro atoms. The van der Waals surface area contributed by atoms with E-state index < -0.39 is 12.1 Å². The van der Waals surface area contributed by atoms with E-state index in [0.29, 0.717) is 0 Å².